The predicted octanol–water partition coefficient (Wildman–Crippen LogP) is 1.18. The van der Waals surface area contributed by atoms with Crippen molar-refractivity contribution in [2.75, 3.05) is 27.2 Å². The lowest BCUT2D eigenvalue weighted by Crippen LogP contribution is -2.49. The Bertz CT molecular complexity index is 588. The van der Waals surface area contributed by atoms with Crippen molar-refractivity contribution in [1.82, 2.24) is 24.7 Å². The highest BCUT2D eigenvalue weighted by Gasteiger charge is 2.29. The van der Waals surface area contributed by atoms with E-state index in [0.717, 1.165) is 31.6 Å². The van der Waals surface area contributed by atoms with Crippen LogP contribution in [0.1, 0.15) is 44.8 Å². The lowest BCUT2D eigenvalue weighted by molar-refractivity contribution is -0.133. The SMILES string of the molecule is CC(C)CC(=O)N1CCC(NC(=O)C(c2cncn2C)N(C)C)CC1. The van der Waals surface area contributed by atoms with Gasteiger partial charge < -0.3 is 14.8 Å². The third-order valence-electron chi connectivity index (χ3n) is 4.68. The zero-order valence-electron chi connectivity index (χ0n) is 16.0. The maximum atomic E-state index is 12.8. The summed E-state index contributed by atoms with van der Waals surface area (Å²) in [5.41, 5.74) is 0.868. The van der Waals surface area contributed by atoms with Crippen molar-refractivity contribution >= 4 is 11.8 Å². The smallest absolute Gasteiger partial charge is 0.243 e. The molecule has 2 heterocycles. The first kappa shape index (κ1) is 19.4. The Hall–Kier alpha value is -1.89. The fraction of sp³-hybridized carbons (Fsp3) is 0.722. The van der Waals surface area contributed by atoms with Crippen LogP contribution in [-0.2, 0) is 16.6 Å². The maximum absolute atomic E-state index is 12.8. The summed E-state index contributed by atoms with van der Waals surface area (Å²) >= 11 is 0. The van der Waals surface area contributed by atoms with E-state index in [0.29, 0.717) is 12.3 Å². The van der Waals surface area contributed by atoms with Crippen molar-refractivity contribution in [2.24, 2.45) is 13.0 Å². The van der Waals surface area contributed by atoms with E-state index < -0.39 is 0 Å². The minimum absolute atomic E-state index is 0.0134. The second-order valence-corrected chi connectivity index (χ2v) is 7.56. The van der Waals surface area contributed by atoms with E-state index in [9.17, 15) is 9.59 Å². The number of amides is 2. The molecule has 7 heteroatoms. The molecule has 0 bridgehead atoms. The topological polar surface area (TPSA) is 70.5 Å². The van der Waals surface area contributed by atoms with Crippen LogP contribution < -0.4 is 5.32 Å². The van der Waals surface area contributed by atoms with E-state index in [-0.39, 0.29) is 23.9 Å². The second kappa shape index (κ2) is 8.47. The average Bonchev–Trinajstić information content (AvgIpc) is 2.93. The molecule has 1 aliphatic heterocycles. The van der Waals surface area contributed by atoms with E-state index in [1.807, 2.05) is 35.5 Å². The van der Waals surface area contributed by atoms with Gasteiger partial charge in [0.05, 0.1) is 18.2 Å². The van der Waals surface area contributed by atoms with Gasteiger partial charge in [0.1, 0.15) is 6.04 Å². The Balaban J connectivity index is 1.91. The van der Waals surface area contributed by atoms with Gasteiger partial charge in [-0.3, -0.25) is 14.5 Å². The molecule has 1 aromatic rings. The highest BCUT2D eigenvalue weighted by Crippen LogP contribution is 2.19. The summed E-state index contributed by atoms with van der Waals surface area (Å²) in [6.45, 7) is 5.55. The van der Waals surface area contributed by atoms with E-state index in [1.54, 1.807) is 12.5 Å². The van der Waals surface area contributed by atoms with Gasteiger partial charge in [0.15, 0.2) is 0 Å². The molecule has 0 saturated carbocycles. The van der Waals surface area contributed by atoms with E-state index in [2.05, 4.69) is 24.1 Å². The molecule has 2 rings (SSSR count). The van der Waals surface area contributed by atoms with Crippen LogP contribution in [0.5, 0.6) is 0 Å². The highest BCUT2D eigenvalue weighted by atomic mass is 16.2. The minimum Gasteiger partial charge on any atom is -0.352 e. The molecule has 7 nitrogen and oxygen atoms in total. The van der Waals surface area contributed by atoms with Crippen molar-refractivity contribution < 1.29 is 9.59 Å². The van der Waals surface area contributed by atoms with Crippen LogP contribution in [0.3, 0.4) is 0 Å². The molecule has 140 valence electrons. The first-order valence-corrected chi connectivity index (χ1v) is 9.00. The standard InChI is InChI=1S/C18H31N5O2/c1-13(2)10-16(24)23-8-6-14(7-9-23)20-18(25)17(21(3)4)15-11-19-12-22(15)5/h11-14,17H,6-10H2,1-5H3,(H,20,25). The van der Waals surface area contributed by atoms with Crippen molar-refractivity contribution in [1.29, 1.82) is 0 Å². The third-order valence-corrected chi connectivity index (χ3v) is 4.68. The second-order valence-electron chi connectivity index (χ2n) is 7.56. The Kier molecular flexibility index (Phi) is 6.58. The molecule has 1 N–H and O–H groups in total. The number of imidazole rings is 1. The van der Waals surface area contributed by atoms with Crippen LogP contribution in [0.15, 0.2) is 12.5 Å². The Labute approximate surface area is 150 Å². The summed E-state index contributed by atoms with van der Waals surface area (Å²) in [4.78, 5) is 32.9. The molecule has 0 radical (unpaired) electrons. The molecular weight excluding hydrogens is 318 g/mol. The van der Waals surface area contributed by atoms with E-state index in [4.69, 9.17) is 0 Å². The molecule has 1 fully saturated rings. The number of aryl methyl sites for hydroxylation is 1. The minimum atomic E-state index is -0.367. The molecular formula is C18H31N5O2. The molecule has 25 heavy (non-hydrogen) atoms. The van der Waals surface area contributed by atoms with Crippen LogP contribution in [0.4, 0.5) is 0 Å². The molecule has 2 amide bonds. The number of nitrogens with zero attached hydrogens (tertiary/aromatic N) is 4. The zero-order valence-corrected chi connectivity index (χ0v) is 16.0. The summed E-state index contributed by atoms with van der Waals surface area (Å²) in [6.07, 6.45) is 5.65. The number of carbonyl (C=O) groups is 2. The molecule has 1 saturated heterocycles. The lowest BCUT2D eigenvalue weighted by atomic mass is 10.0. The Morgan fingerprint density at radius 1 is 1.32 bits per heavy atom. The number of hydrogen-bond donors (Lipinski definition) is 1. The summed E-state index contributed by atoms with van der Waals surface area (Å²) in [5.74, 6) is 0.589. The molecule has 1 atom stereocenters. The number of rotatable bonds is 6. The van der Waals surface area contributed by atoms with Crippen LogP contribution in [0, 0.1) is 5.92 Å². The number of hydrogen-bond acceptors (Lipinski definition) is 4. The number of aromatic nitrogens is 2. The first-order valence-electron chi connectivity index (χ1n) is 9.00. The summed E-state index contributed by atoms with van der Waals surface area (Å²) in [6, 6.07) is -0.251. The maximum Gasteiger partial charge on any atom is 0.243 e. The first-order chi connectivity index (χ1) is 11.8. The number of likely N-dealkylation sites (tertiary alicyclic amines) is 1. The molecule has 0 aromatic carbocycles. The molecule has 1 aromatic heterocycles. The Morgan fingerprint density at radius 2 is 1.96 bits per heavy atom. The number of nitrogens with one attached hydrogen (secondary N) is 1. The monoisotopic (exact) mass is 349 g/mol. The van der Waals surface area contributed by atoms with Gasteiger partial charge in [-0.2, -0.15) is 0 Å². The number of likely N-dealkylation sites (N-methyl/N-ethyl adjacent to an activating group) is 1. The van der Waals surface area contributed by atoms with Crippen molar-refractivity contribution in [2.45, 2.75) is 45.2 Å². The summed E-state index contributed by atoms with van der Waals surface area (Å²) in [7, 11) is 5.68. The van der Waals surface area contributed by atoms with Crippen LogP contribution in [0.2, 0.25) is 0 Å². The molecule has 0 aliphatic carbocycles. The van der Waals surface area contributed by atoms with Crippen LogP contribution in [0.25, 0.3) is 0 Å². The predicted molar refractivity (Wildman–Crippen MR) is 96.8 cm³/mol. The van der Waals surface area contributed by atoms with Gasteiger partial charge in [0.25, 0.3) is 0 Å². The van der Waals surface area contributed by atoms with Crippen molar-refractivity contribution in [3.63, 3.8) is 0 Å². The third kappa shape index (κ3) is 5.04. The molecule has 0 spiro atoms. The molecule has 1 unspecified atom stereocenters. The highest BCUT2D eigenvalue weighted by molar-refractivity contribution is 5.83. The fourth-order valence-electron chi connectivity index (χ4n) is 3.30. The van der Waals surface area contributed by atoms with Crippen molar-refractivity contribution in [3.05, 3.63) is 18.2 Å². The van der Waals surface area contributed by atoms with Gasteiger partial charge in [0, 0.05) is 32.6 Å². The summed E-state index contributed by atoms with van der Waals surface area (Å²) in [5, 5.41) is 3.16. The van der Waals surface area contributed by atoms with E-state index >= 15 is 0 Å². The van der Waals surface area contributed by atoms with Gasteiger partial charge in [-0.1, -0.05) is 13.8 Å². The van der Waals surface area contributed by atoms with Crippen LogP contribution >= 0.6 is 0 Å². The van der Waals surface area contributed by atoms with Gasteiger partial charge >= 0.3 is 0 Å². The van der Waals surface area contributed by atoms with Gasteiger partial charge in [-0.25, -0.2) is 4.98 Å². The fourth-order valence-corrected chi connectivity index (χ4v) is 3.30. The van der Waals surface area contributed by atoms with E-state index in [1.165, 1.54) is 0 Å². The average molecular weight is 349 g/mol. The quantitative estimate of drug-likeness (QED) is 0.837. The summed E-state index contributed by atoms with van der Waals surface area (Å²) < 4.78 is 1.87. The molecule has 1 aliphatic rings. The normalized spacial score (nSPS) is 17.2. The number of piperidine rings is 1. The van der Waals surface area contributed by atoms with Gasteiger partial charge in [-0.15, -0.1) is 0 Å². The van der Waals surface area contributed by atoms with Crippen molar-refractivity contribution in [3.8, 4) is 0 Å². The zero-order chi connectivity index (χ0) is 18.6. The lowest BCUT2D eigenvalue weighted by Gasteiger charge is -2.34. The van der Waals surface area contributed by atoms with Gasteiger partial charge in [0.2, 0.25) is 11.8 Å². The number of carbonyl (C=O) groups excluding carboxylic acids is 2. The Morgan fingerprint density at radius 3 is 2.44 bits per heavy atom. The van der Waals surface area contributed by atoms with Gasteiger partial charge in [-0.05, 0) is 32.9 Å². The largest absolute Gasteiger partial charge is 0.352 e. The van der Waals surface area contributed by atoms with Crippen LogP contribution in [-0.4, -0.2) is 64.4 Å².